The molecular weight excluding hydrogens is 336 g/mol. The number of hydrogen-bond acceptors (Lipinski definition) is 5. The van der Waals surface area contributed by atoms with Crippen LogP contribution in [0.3, 0.4) is 0 Å². The minimum atomic E-state index is -5.10. The van der Waals surface area contributed by atoms with Crippen molar-refractivity contribution in [1.82, 2.24) is 0 Å². The molecule has 1 aromatic carbocycles. The van der Waals surface area contributed by atoms with Crippen molar-refractivity contribution in [2.45, 2.75) is 6.18 Å². The predicted molar refractivity (Wildman–Crippen MR) is 67.7 cm³/mol. The van der Waals surface area contributed by atoms with E-state index in [1.165, 1.54) is 0 Å². The lowest BCUT2D eigenvalue weighted by atomic mass is 10.3. The van der Waals surface area contributed by atoms with Crippen LogP contribution in [0.2, 0.25) is 5.02 Å². The van der Waals surface area contributed by atoms with Gasteiger partial charge < -0.3 is 9.84 Å². The number of ketones is 1. The van der Waals surface area contributed by atoms with Gasteiger partial charge in [0.2, 0.25) is 0 Å². The molecule has 0 aliphatic rings. The van der Waals surface area contributed by atoms with E-state index in [0.29, 0.717) is 0 Å². The third kappa shape index (κ3) is 5.20. The number of carboxylic acid groups (broad SMARTS) is 1. The molecule has 2 N–H and O–H groups in total. The van der Waals surface area contributed by atoms with Crippen molar-refractivity contribution < 1.29 is 37.0 Å². The van der Waals surface area contributed by atoms with Crippen molar-refractivity contribution in [2.24, 2.45) is 5.10 Å². The van der Waals surface area contributed by atoms with Crippen LogP contribution in [0.1, 0.15) is 0 Å². The minimum Gasteiger partial charge on any atom is -0.480 e. The van der Waals surface area contributed by atoms with Gasteiger partial charge in [-0.3, -0.25) is 10.2 Å². The molecule has 0 bridgehead atoms. The van der Waals surface area contributed by atoms with Crippen molar-refractivity contribution in [3.05, 3.63) is 23.0 Å². The summed E-state index contributed by atoms with van der Waals surface area (Å²) in [6.45, 7) is -0.763. The molecule has 0 fully saturated rings. The first kappa shape index (κ1) is 17.7. The summed E-state index contributed by atoms with van der Waals surface area (Å²) in [6, 6.07) is 1.62. The Balaban J connectivity index is 2.86. The van der Waals surface area contributed by atoms with Gasteiger partial charge in [-0.2, -0.15) is 18.3 Å². The van der Waals surface area contributed by atoms with Gasteiger partial charge in [-0.05, 0) is 6.07 Å². The molecule has 0 amide bonds. The number of carbonyl (C=O) groups excluding carboxylic acids is 1. The molecular formula is C11H7ClF4N2O4. The van der Waals surface area contributed by atoms with Crippen LogP contribution in [0.25, 0.3) is 0 Å². The maximum Gasteiger partial charge on any atom is 0.455 e. The Morgan fingerprint density at radius 3 is 2.59 bits per heavy atom. The monoisotopic (exact) mass is 342 g/mol. The summed E-state index contributed by atoms with van der Waals surface area (Å²) in [5, 5.41) is 11.1. The van der Waals surface area contributed by atoms with Crippen LogP contribution in [0.4, 0.5) is 23.2 Å². The highest BCUT2D eigenvalue weighted by Gasteiger charge is 2.36. The average molecular weight is 343 g/mol. The van der Waals surface area contributed by atoms with Crippen molar-refractivity contribution >= 4 is 35.3 Å². The first-order valence-electron chi connectivity index (χ1n) is 5.35. The number of aliphatic carboxylic acids is 1. The van der Waals surface area contributed by atoms with Gasteiger partial charge in [0.05, 0.1) is 16.9 Å². The molecule has 0 radical (unpaired) electrons. The zero-order valence-corrected chi connectivity index (χ0v) is 11.2. The van der Waals surface area contributed by atoms with E-state index in [0.717, 1.165) is 12.1 Å². The Labute approximate surface area is 125 Å². The fraction of sp³-hybridized carbons (Fsp3) is 0.182. The normalized spacial score (nSPS) is 11.5. The number of alkyl halides is 3. The van der Waals surface area contributed by atoms with Gasteiger partial charge >= 0.3 is 12.1 Å². The summed E-state index contributed by atoms with van der Waals surface area (Å²) in [7, 11) is 0. The molecule has 6 nitrogen and oxygen atoms in total. The van der Waals surface area contributed by atoms with Crippen molar-refractivity contribution in [3.8, 4) is 5.75 Å². The van der Waals surface area contributed by atoms with Crippen LogP contribution in [0, 0.1) is 5.82 Å². The van der Waals surface area contributed by atoms with Gasteiger partial charge in [0.15, 0.2) is 6.61 Å². The molecule has 1 rings (SSSR count). The average Bonchev–Trinajstić information content (AvgIpc) is 2.38. The molecule has 0 saturated carbocycles. The number of Topliss-reactive ketones (excluding diaryl/α,β-unsaturated/α-hetero) is 1. The standard InChI is InChI=1S/C11H7ClF4N2O4/c12-5-1-6(13)7(2-8(5)22-4-10(20)21)18-17-3-9(19)11(14,15)16/h1-3,18H,4H2,(H,20,21)/b17-3-. The first-order valence-corrected chi connectivity index (χ1v) is 5.73. The van der Waals surface area contributed by atoms with Crippen LogP contribution in [0.5, 0.6) is 5.75 Å². The fourth-order valence-electron chi connectivity index (χ4n) is 1.10. The van der Waals surface area contributed by atoms with E-state index in [4.69, 9.17) is 21.4 Å². The van der Waals surface area contributed by atoms with Crippen LogP contribution < -0.4 is 10.2 Å². The van der Waals surface area contributed by atoms with Crippen LogP contribution in [0.15, 0.2) is 17.2 Å². The topological polar surface area (TPSA) is 88.0 Å². The number of anilines is 1. The molecule has 1 aromatic rings. The zero-order valence-electron chi connectivity index (χ0n) is 10.4. The van der Waals surface area contributed by atoms with E-state index < -0.39 is 36.0 Å². The van der Waals surface area contributed by atoms with E-state index >= 15 is 0 Å². The maximum absolute atomic E-state index is 13.5. The number of carbonyl (C=O) groups is 2. The molecule has 0 aromatic heterocycles. The van der Waals surface area contributed by atoms with Crippen LogP contribution in [-0.4, -0.2) is 35.9 Å². The predicted octanol–water partition coefficient (Wildman–Crippen LogP) is 2.47. The number of carboxylic acids is 1. The lowest BCUT2D eigenvalue weighted by Crippen LogP contribution is -2.24. The van der Waals surface area contributed by atoms with E-state index in [2.05, 4.69) is 5.10 Å². The van der Waals surface area contributed by atoms with Gasteiger partial charge in [-0.1, -0.05) is 11.6 Å². The molecule has 120 valence electrons. The lowest BCUT2D eigenvalue weighted by molar-refractivity contribution is -0.162. The summed E-state index contributed by atoms with van der Waals surface area (Å²) in [5.74, 6) is -4.78. The van der Waals surface area contributed by atoms with Crippen molar-refractivity contribution in [1.29, 1.82) is 0 Å². The minimum absolute atomic E-state index is 0.0776. The quantitative estimate of drug-likeness (QED) is 0.471. The van der Waals surface area contributed by atoms with Crippen molar-refractivity contribution in [2.75, 3.05) is 12.0 Å². The number of benzene rings is 1. The number of nitrogens with zero attached hydrogens (tertiary/aromatic N) is 1. The number of hydrogen-bond donors (Lipinski definition) is 2. The van der Waals surface area contributed by atoms with Gasteiger partial charge in [-0.25, -0.2) is 9.18 Å². The van der Waals surface area contributed by atoms with Gasteiger partial charge in [0, 0.05) is 6.07 Å². The molecule has 0 aliphatic carbocycles. The van der Waals surface area contributed by atoms with Gasteiger partial charge in [0.25, 0.3) is 5.78 Å². The number of hydrazone groups is 1. The number of ether oxygens (including phenoxy) is 1. The second-order valence-electron chi connectivity index (χ2n) is 3.68. The Kier molecular flexibility index (Phi) is 5.69. The zero-order chi connectivity index (χ0) is 16.9. The number of nitrogens with one attached hydrogen (secondary N) is 1. The third-order valence-electron chi connectivity index (χ3n) is 2.02. The maximum atomic E-state index is 13.5. The third-order valence-corrected chi connectivity index (χ3v) is 2.31. The smallest absolute Gasteiger partial charge is 0.455 e. The highest BCUT2D eigenvalue weighted by Crippen LogP contribution is 2.30. The Hall–Kier alpha value is -2.36. The summed E-state index contributed by atoms with van der Waals surface area (Å²) in [6.07, 6.45) is -5.18. The largest absolute Gasteiger partial charge is 0.480 e. The summed E-state index contributed by atoms with van der Waals surface area (Å²) < 4.78 is 54.0. The molecule has 0 atom stereocenters. The van der Waals surface area contributed by atoms with E-state index in [-0.39, 0.29) is 17.0 Å². The van der Waals surface area contributed by atoms with Gasteiger partial charge in [0.1, 0.15) is 11.6 Å². The van der Waals surface area contributed by atoms with E-state index in [1.54, 1.807) is 0 Å². The molecule has 0 spiro atoms. The summed E-state index contributed by atoms with van der Waals surface area (Å²) in [4.78, 5) is 20.9. The fourth-order valence-corrected chi connectivity index (χ4v) is 1.30. The van der Waals surface area contributed by atoms with Crippen LogP contribution >= 0.6 is 11.6 Å². The molecule has 0 heterocycles. The lowest BCUT2D eigenvalue weighted by Gasteiger charge is -2.09. The number of halogens is 5. The molecule has 0 unspecified atom stereocenters. The molecule has 22 heavy (non-hydrogen) atoms. The highest BCUT2D eigenvalue weighted by atomic mass is 35.5. The summed E-state index contributed by atoms with van der Waals surface area (Å²) in [5.41, 5.74) is 1.40. The summed E-state index contributed by atoms with van der Waals surface area (Å²) >= 11 is 5.60. The van der Waals surface area contributed by atoms with Crippen molar-refractivity contribution in [3.63, 3.8) is 0 Å². The van der Waals surface area contributed by atoms with Crippen LogP contribution in [-0.2, 0) is 9.59 Å². The van der Waals surface area contributed by atoms with E-state index in [1.807, 2.05) is 5.43 Å². The Morgan fingerprint density at radius 2 is 2.05 bits per heavy atom. The molecule has 11 heteroatoms. The molecule has 0 saturated heterocycles. The Bertz CT molecular complexity index is 619. The molecule has 0 aliphatic heterocycles. The van der Waals surface area contributed by atoms with E-state index in [9.17, 15) is 27.2 Å². The first-order chi connectivity index (χ1) is 10.1. The number of rotatable bonds is 6. The highest BCUT2D eigenvalue weighted by molar-refractivity contribution is 6.32. The van der Waals surface area contributed by atoms with Gasteiger partial charge in [-0.15, -0.1) is 0 Å². The second kappa shape index (κ2) is 7.07. The SMILES string of the molecule is O=C(O)COc1cc(N/N=C\C(=O)C(F)(F)F)c(F)cc1Cl. The second-order valence-corrected chi connectivity index (χ2v) is 4.08. The Morgan fingerprint density at radius 1 is 1.41 bits per heavy atom.